The van der Waals surface area contributed by atoms with Gasteiger partial charge in [-0.2, -0.15) is 15.4 Å². The van der Waals surface area contributed by atoms with Gasteiger partial charge in [0.15, 0.2) is 0 Å². The molecule has 0 saturated carbocycles. The van der Waals surface area contributed by atoms with Crippen molar-refractivity contribution >= 4 is 0 Å². The Labute approximate surface area is 93.6 Å². The molecule has 0 amide bonds. The molecule has 0 radical (unpaired) electrons. The zero-order valence-corrected chi connectivity index (χ0v) is 9.05. The van der Waals surface area contributed by atoms with Gasteiger partial charge >= 0.3 is 0 Å². The Hall–Kier alpha value is -1.88. The SMILES string of the molecule is COc1ccc(CC(N)c2cn[nH]n2)cc1. The summed E-state index contributed by atoms with van der Waals surface area (Å²) in [5, 5.41) is 10.3. The van der Waals surface area contributed by atoms with Crippen molar-refractivity contribution in [2.75, 3.05) is 7.11 Å². The molecule has 5 nitrogen and oxygen atoms in total. The molecule has 2 aromatic rings. The number of nitrogens with two attached hydrogens (primary N) is 1. The van der Waals surface area contributed by atoms with Crippen LogP contribution >= 0.6 is 0 Å². The lowest BCUT2D eigenvalue weighted by Gasteiger charge is -2.08. The molecule has 1 heterocycles. The first-order chi connectivity index (χ1) is 7.79. The lowest BCUT2D eigenvalue weighted by molar-refractivity contribution is 0.414. The molecule has 0 aliphatic heterocycles. The number of rotatable bonds is 4. The van der Waals surface area contributed by atoms with Gasteiger partial charge < -0.3 is 10.5 Å². The Balaban J connectivity index is 2.03. The van der Waals surface area contributed by atoms with Gasteiger partial charge in [-0.25, -0.2) is 0 Å². The van der Waals surface area contributed by atoms with Crippen molar-refractivity contribution in [3.05, 3.63) is 41.7 Å². The molecule has 1 atom stereocenters. The molecule has 84 valence electrons. The summed E-state index contributed by atoms with van der Waals surface area (Å²) < 4.78 is 5.09. The van der Waals surface area contributed by atoms with Crippen LogP contribution < -0.4 is 10.5 Å². The molecule has 0 aliphatic rings. The summed E-state index contributed by atoms with van der Waals surface area (Å²) >= 11 is 0. The predicted molar refractivity (Wildman–Crippen MR) is 60.0 cm³/mol. The summed E-state index contributed by atoms with van der Waals surface area (Å²) in [5.74, 6) is 0.846. The topological polar surface area (TPSA) is 76.8 Å². The number of nitrogens with one attached hydrogen (secondary N) is 1. The molecule has 1 aromatic carbocycles. The summed E-state index contributed by atoms with van der Waals surface area (Å²) in [6.45, 7) is 0. The van der Waals surface area contributed by atoms with E-state index in [1.54, 1.807) is 13.3 Å². The van der Waals surface area contributed by atoms with Crippen LogP contribution in [0, 0.1) is 0 Å². The second-order valence-electron chi connectivity index (χ2n) is 3.55. The van der Waals surface area contributed by atoms with E-state index < -0.39 is 0 Å². The van der Waals surface area contributed by atoms with Crippen molar-refractivity contribution in [1.29, 1.82) is 0 Å². The summed E-state index contributed by atoms with van der Waals surface area (Å²) in [6.07, 6.45) is 2.38. The summed E-state index contributed by atoms with van der Waals surface area (Å²) in [5.41, 5.74) is 7.91. The first-order valence-corrected chi connectivity index (χ1v) is 5.04. The fourth-order valence-corrected chi connectivity index (χ4v) is 1.51. The van der Waals surface area contributed by atoms with Crippen LogP contribution in [-0.4, -0.2) is 22.5 Å². The van der Waals surface area contributed by atoms with E-state index in [1.807, 2.05) is 24.3 Å². The van der Waals surface area contributed by atoms with E-state index in [0.717, 1.165) is 23.4 Å². The fourth-order valence-electron chi connectivity index (χ4n) is 1.51. The Bertz CT molecular complexity index is 424. The summed E-state index contributed by atoms with van der Waals surface area (Å²) in [6, 6.07) is 7.71. The highest BCUT2D eigenvalue weighted by atomic mass is 16.5. The minimum absolute atomic E-state index is 0.132. The van der Waals surface area contributed by atoms with Gasteiger partial charge in [-0.1, -0.05) is 12.1 Å². The van der Waals surface area contributed by atoms with Crippen molar-refractivity contribution in [1.82, 2.24) is 15.4 Å². The second kappa shape index (κ2) is 4.76. The maximum atomic E-state index is 5.99. The molecule has 1 unspecified atom stereocenters. The van der Waals surface area contributed by atoms with Gasteiger partial charge in [-0.05, 0) is 24.1 Å². The maximum Gasteiger partial charge on any atom is 0.118 e. The lowest BCUT2D eigenvalue weighted by Crippen LogP contribution is -2.13. The van der Waals surface area contributed by atoms with Gasteiger partial charge in [0, 0.05) is 0 Å². The third-order valence-electron chi connectivity index (χ3n) is 2.43. The highest BCUT2D eigenvalue weighted by molar-refractivity contribution is 5.28. The quantitative estimate of drug-likeness (QED) is 0.804. The monoisotopic (exact) mass is 218 g/mol. The Kier molecular flexibility index (Phi) is 3.16. The Morgan fingerprint density at radius 2 is 2.12 bits per heavy atom. The third-order valence-corrected chi connectivity index (χ3v) is 2.43. The number of benzene rings is 1. The molecule has 5 heteroatoms. The number of aromatic nitrogens is 3. The number of methoxy groups -OCH3 is 1. The van der Waals surface area contributed by atoms with Crippen molar-refractivity contribution in [3.8, 4) is 5.75 Å². The van der Waals surface area contributed by atoms with Crippen molar-refractivity contribution in [2.24, 2.45) is 5.73 Å². The van der Waals surface area contributed by atoms with E-state index >= 15 is 0 Å². The second-order valence-corrected chi connectivity index (χ2v) is 3.55. The predicted octanol–water partition coefficient (Wildman–Crippen LogP) is 1.06. The molecular formula is C11H14N4O. The van der Waals surface area contributed by atoms with Gasteiger partial charge in [-0.3, -0.25) is 0 Å². The molecule has 2 rings (SSSR count). The maximum absolute atomic E-state index is 5.99. The average molecular weight is 218 g/mol. The number of H-pyrrole nitrogens is 1. The van der Waals surface area contributed by atoms with Crippen LogP contribution in [0.5, 0.6) is 5.75 Å². The van der Waals surface area contributed by atoms with E-state index in [2.05, 4.69) is 15.4 Å². The minimum atomic E-state index is -0.132. The number of aromatic amines is 1. The smallest absolute Gasteiger partial charge is 0.118 e. The van der Waals surface area contributed by atoms with E-state index in [9.17, 15) is 0 Å². The van der Waals surface area contributed by atoms with Gasteiger partial charge in [0.1, 0.15) is 5.75 Å². The molecule has 1 aromatic heterocycles. The number of hydrogen-bond acceptors (Lipinski definition) is 4. The number of hydrogen-bond donors (Lipinski definition) is 2. The zero-order valence-electron chi connectivity index (χ0n) is 9.05. The van der Waals surface area contributed by atoms with Crippen LogP contribution in [-0.2, 0) is 6.42 Å². The molecule has 0 aliphatic carbocycles. The molecular weight excluding hydrogens is 204 g/mol. The largest absolute Gasteiger partial charge is 0.497 e. The van der Waals surface area contributed by atoms with Crippen molar-refractivity contribution < 1.29 is 4.74 Å². The Morgan fingerprint density at radius 3 is 2.69 bits per heavy atom. The molecule has 3 N–H and O–H groups in total. The number of ether oxygens (including phenoxy) is 1. The van der Waals surface area contributed by atoms with Crippen LogP contribution in [0.3, 0.4) is 0 Å². The summed E-state index contributed by atoms with van der Waals surface area (Å²) in [4.78, 5) is 0. The summed E-state index contributed by atoms with van der Waals surface area (Å²) in [7, 11) is 1.65. The average Bonchev–Trinajstić information content (AvgIpc) is 2.83. The van der Waals surface area contributed by atoms with Crippen LogP contribution in [0.15, 0.2) is 30.5 Å². The fraction of sp³-hybridized carbons (Fsp3) is 0.273. The van der Waals surface area contributed by atoms with Crippen LogP contribution in [0.25, 0.3) is 0 Å². The van der Waals surface area contributed by atoms with Gasteiger partial charge in [0.2, 0.25) is 0 Å². The normalized spacial score (nSPS) is 12.4. The van der Waals surface area contributed by atoms with E-state index in [4.69, 9.17) is 10.5 Å². The molecule has 0 fully saturated rings. The molecule has 0 saturated heterocycles. The Morgan fingerprint density at radius 1 is 1.38 bits per heavy atom. The highest BCUT2D eigenvalue weighted by Gasteiger charge is 2.09. The van der Waals surface area contributed by atoms with Crippen molar-refractivity contribution in [2.45, 2.75) is 12.5 Å². The number of nitrogens with zero attached hydrogens (tertiary/aromatic N) is 2. The van der Waals surface area contributed by atoms with Crippen LogP contribution in [0.2, 0.25) is 0 Å². The lowest BCUT2D eigenvalue weighted by atomic mass is 10.0. The van der Waals surface area contributed by atoms with Gasteiger partial charge in [0.05, 0.1) is 25.0 Å². The van der Waals surface area contributed by atoms with Crippen molar-refractivity contribution in [3.63, 3.8) is 0 Å². The zero-order chi connectivity index (χ0) is 11.4. The first kappa shape index (κ1) is 10.6. The highest BCUT2D eigenvalue weighted by Crippen LogP contribution is 2.16. The standard InChI is InChI=1S/C11H14N4O/c1-16-9-4-2-8(3-5-9)6-10(12)11-7-13-15-14-11/h2-5,7,10H,6,12H2,1H3,(H,13,14,15). The minimum Gasteiger partial charge on any atom is -0.497 e. The molecule has 16 heavy (non-hydrogen) atoms. The van der Waals surface area contributed by atoms with E-state index in [0.29, 0.717) is 0 Å². The molecule has 0 spiro atoms. The van der Waals surface area contributed by atoms with Gasteiger partial charge in [0.25, 0.3) is 0 Å². The van der Waals surface area contributed by atoms with Gasteiger partial charge in [-0.15, -0.1) is 0 Å². The van der Waals surface area contributed by atoms with Crippen LogP contribution in [0.1, 0.15) is 17.3 Å². The van der Waals surface area contributed by atoms with Crippen LogP contribution in [0.4, 0.5) is 0 Å². The first-order valence-electron chi connectivity index (χ1n) is 5.04. The molecule has 0 bridgehead atoms. The van der Waals surface area contributed by atoms with E-state index in [1.165, 1.54) is 0 Å². The third kappa shape index (κ3) is 2.38. The van der Waals surface area contributed by atoms with E-state index in [-0.39, 0.29) is 6.04 Å².